The van der Waals surface area contributed by atoms with E-state index in [1.165, 1.54) is 12.1 Å². The van der Waals surface area contributed by atoms with Gasteiger partial charge in [-0.25, -0.2) is 4.39 Å². The lowest BCUT2D eigenvalue weighted by atomic mass is 9.96. The van der Waals surface area contributed by atoms with Gasteiger partial charge in [0.1, 0.15) is 5.82 Å². The van der Waals surface area contributed by atoms with Crippen molar-refractivity contribution in [1.82, 2.24) is 5.32 Å². The Hall–Kier alpha value is -1.42. The van der Waals surface area contributed by atoms with Gasteiger partial charge in [0, 0.05) is 6.54 Å². The van der Waals surface area contributed by atoms with Crippen molar-refractivity contribution in [2.75, 3.05) is 6.54 Å². The highest BCUT2D eigenvalue weighted by molar-refractivity contribution is 5.86. The molecule has 3 N–H and O–H groups in total. The second-order valence-corrected chi connectivity index (χ2v) is 5.63. The Morgan fingerprint density at radius 1 is 1.53 bits per heavy atom. The maximum Gasteiger partial charge on any atom is 0.240 e. The number of benzene rings is 1. The Balaban J connectivity index is 1.84. The van der Waals surface area contributed by atoms with Crippen LogP contribution in [0.1, 0.15) is 30.9 Å². The number of carbonyl (C=O) groups excluding carboxylic acids is 1. The van der Waals surface area contributed by atoms with Gasteiger partial charge in [0.05, 0.1) is 5.54 Å². The Kier molecular flexibility index (Phi) is 3.90. The van der Waals surface area contributed by atoms with Crippen molar-refractivity contribution in [3.05, 3.63) is 35.1 Å². The Bertz CT molecular complexity index is 481. The highest BCUT2D eigenvalue weighted by Crippen LogP contribution is 2.38. The van der Waals surface area contributed by atoms with Crippen LogP contribution in [-0.4, -0.2) is 18.0 Å². The molecule has 0 radical (unpaired) electrons. The molecule has 0 saturated heterocycles. The van der Waals surface area contributed by atoms with Crippen LogP contribution in [0.4, 0.5) is 4.39 Å². The van der Waals surface area contributed by atoms with E-state index in [9.17, 15) is 9.18 Å². The Labute approximate surface area is 113 Å². The molecule has 1 aromatic rings. The van der Waals surface area contributed by atoms with E-state index in [4.69, 9.17) is 5.73 Å². The van der Waals surface area contributed by atoms with Gasteiger partial charge in [-0.2, -0.15) is 0 Å². The number of carbonyl (C=O) groups is 1. The summed E-state index contributed by atoms with van der Waals surface area (Å²) < 4.78 is 13.0. The molecular formula is C15H21FN2O. The van der Waals surface area contributed by atoms with E-state index in [0.29, 0.717) is 18.9 Å². The first-order valence-electron chi connectivity index (χ1n) is 6.73. The second kappa shape index (κ2) is 5.29. The van der Waals surface area contributed by atoms with Crippen LogP contribution >= 0.6 is 0 Å². The number of hydrogen-bond acceptors (Lipinski definition) is 2. The highest BCUT2D eigenvalue weighted by atomic mass is 19.1. The molecule has 1 atom stereocenters. The number of nitrogens with two attached hydrogens (primary N) is 1. The van der Waals surface area contributed by atoms with Crippen LogP contribution in [0, 0.1) is 18.7 Å². The number of hydrogen-bond donors (Lipinski definition) is 2. The number of rotatable bonds is 5. The van der Waals surface area contributed by atoms with E-state index in [1.54, 1.807) is 13.0 Å². The monoisotopic (exact) mass is 264 g/mol. The third-order valence-electron chi connectivity index (χ3n) is 3.90. The summed E-state index contributed by atoms with van der Waals surface area (Å²) in [5.41, 5.74) is 7.24. The predicted molar refractivity (Wildman–Crippen MR) is 73.2 cm³/mol. The predicted octanol–water partition coefficient (Wildman–Crippen LogP) is 1.92. The summed E-state index contributed by atoms with van der Waals surface area (Å²) in [5, 5.41) is 2.88. The Morgan fingerprint density at radius 2 is 2.21 bits per heavy atom. The van der Waals surface area contributed by atoms with E-state index in [0.717, 1.165) is 24.0 Å². The van der Waals surface area contributed by atoms with Gasteiger partial charge in [0.2, 0.25) is 5.91 Å². The van der Waals surface area contributed by atoms with Crippen molar-refractivity contribution in [1.29, 1.82) is 0 Å². The smallest absolute Gasteiger partial charge is 0.240 e. The van der Waals surface area contributed by atoms with Crippen LogP contribution in [0.15, 0.2) is 18.2 Å². The standard InChI is InChI=1S/C15H21FN2O/c1-10-9-13(16)6-3-11(10)7-8-18-14(19)15(2,17)12-4-5-12/h3,6,9,12H,4-5,7-8,17H2,1-2H3,(H,18,19). The minimum absolute atomic E-state index is 0.0882. The summed E-state index contributed by atoms with van der Waals surface area (Å²) in [6.45, 7) is 4.20. The largest absolute Gasteiger partial charge is 0.354 e. The summed E-state index contributed by atoms with van der Waals surface area (Å²) in [7, 11) is 0. The molecule has 1 fully saturated rings. The van der Waals surface area contributed by atoms with Gasteiger partial charge < -0.3 is 11.1 Å². The van der Waals surface area contributed by atoms with Gasteiger partial charge >= 0.3 is 0 Å². The molecule has 3 nitrogen and oxygen atoms in total. The zero-order chi connectivity index (χ0) is 14.0. The molecule has 19 heavy (non-hydrogen) atoms. The lowest BCUT2D eigenvalue weighted by Gasteiger charge is -2.23. The lowest BCUT2D eigenvalue weighted by Crippen LogP contribution is -2.53. The summed E-state index contributed by atoms with van der Waals surface area (Å²) in [4.78, 5) is 12.0. The van der Waals surface area contributed by atoms with Crippen molar-refractivity contribution in [2.45, 2.75) is 38.6 Å². The summed E-state index contributed by atoms with van der Waals surface area (Å²) >= 11 is 0. The number of amides is 1. The molecule has 104 valence electrons. The van der Waals surface area contributed by atoms with Crippen molar-refractivity contribution in [2.24, 2.45) is 11.7 Å². The minimum atomic E-state index is -0.752. The topological polar surface area (TPSA) is 55.1 Å². The molecule has 0 heterocycles. The SMILES string of the molecule is Cc1cc(F)ccc1CCNC(=O)C(C)(N)C1CC1. The van der Waals surface area contributed by atoms with Gasteiger partial charge in [0.25, 0.3) is 0 Å². The van der Waals surface area contributed by atoms with Crippen LogP contribution in [0.25, 0.3) is 0 Å². The number of nitrogens with one attached hydrogen (secondary N) is 1. The fourth-order valence-corrected chi connectivity index (χ4v) is 2.31. The molecular weight excluding hydrogens is 243 g/mol. The van der Waals surface area contributed by atoms with Crippen molar-refractivity contribution in [3.63, 3.8) is 0 Å². The van der Waals surface area contributed by atoms with Crippen LogP contribution in [0.2, 0.25) is 0 Å². The number of halogens is 1. The molecule has 0 bridgehead atoms. The first-order valence-corrected chi connectivity index (χ1v) is 6.73. The lowest BCUT2D eigenvalue weighted by molar-refractivity contribution is -0.126. The maximum atomic E-state index is 13.0. The fourth-order valence-electron chi connectivity index (χ4n) is 2.31. The molecule has 0 aromatic heterocycles. The van der Waals surface area contributed by atoms with Crippen molar-refractivity contribution < 1.29 is 9.18 Å². The van der Waals surface area contributed by atoms with E-state index >= 15 is 0 Å². The van der Waals surface area contributed by atoms with Crippen molar-refractivity contribution in [3.8, 4) is 0 Å². The summed E-state index contributed by atoms with van der Waals surface area (Å²) in [5.74, 6) is 0.00312. The maximum absolute atomic E-state index is 13.0. The Morgan fingerprint density at radius 3 is 2.79 bits per heavy atom. The van der Waals surface area contributed by atoms with Gasteiger partial charge in [0.15, 0.2) is 0 Å². The van der Waals surface area contributed by atoms with E-state index in [-0.39, 0.29) is 11.7 Å². The molecule has 2 rings (SSSR count). The summed E-state index contributed by atoms with van der Waals surface area (Å²) in [6.07, 6.45) is 2.77. The molecule has 1 aliphatic rings. The second-order valence-electron chi connectivity index (χ2n) is 5.63. The van der Waals surface area contributed by atoms with Crippen LogP contribution in [-0.2, 0) is 11.2 Å². The molecule has 1 saturated carbocycles. The highest BCUT2D eigenvalue weighted by Gasteiger charge is 2.43. The van der Waals surface area contributed by atoms with E-state index in [1.807, 2.05) is 6.92 Å². The van der Waals surface area contributed by atoms with Gasteiger partial charge in [-0.1, -0.05) is 6.07 Å². The van der Waals surface area contributed by atoms with Crippen LogP contribution in [0.3, 0.4) is 0 Å². The fraction of sp³-hybridized carbons (Fsp3) is 0.533. The molecule has 1 amide bonds. The van der Waals surface area contributed by atoms with E-state index < -0.39 is 5.54 Å². The minimum Gasteiger partial charge on any atom is -0.354 e. The van der Waals surface area contributed by atoms with Crippen LogP contribution in [0.5, 0.6) is 0 Å². The summed E-state index contributed by atoms with van der Waals surface area (Å²) in [6, 6.07) is 4.72. The molecule has 1 aromatic carbocycles. The average molecular weight is 264 g/mol. The van der Waals surface area contributed by atoms with Gasteiger partial charge in [-0.15, -0.1) is 0 Å². The third-order valence-corrected chi connectivity index (χ3v) is 3.90. The molecule has 0 spiro atoms. The first-order chi connectivity index (χ1) is 8.91. The third kappa shape index (κ3) is 3.32. The first kappa shape index (κ1) is 14.0. The zero-order valence-electron chi connectivity index (χ0n) is 11.5. The molecule has 4 heteroatoms. The normalized spacial score (nSPS) is 17.9. The van der Waals surface area contributed by atoms with Crippen LogP contribution < -0.4 is 11.1 Å². The number of aryl methyl sites for hydroxylation is 1. The molecule has 0 aliphatic heterocycles. The quantitative estimate of drug-likeness (QED) is 0.853. The average Bonchev–Trinajstić information content (AvgIpc) is 3.15. The van der Waals surface area contributed by atoms with Crippen molar-refractivity contribution >= 4 is 5.91 Å². The van der Waals surface area contributed by atoms with E-state index in [2.05, 4.69) is 5.32 Å². The molecule has 1 unspecified atom stereocenters. The van der Waals surface area contributed by atoms with Gasteiger partial charge in [-0.3, -0.25) is 4.79 Å². The molecule has 1 aliphatic carbocycles. The zero-order valence-corrected chi connectivity index (χ0v) is 11.5. The van der Waals surface area contributed by atoms with Gasteiger partial charge in [-0.05, 0) is 62.3 Å².